The monoisotopic (exact) mass is 911 g/mol. The Morgan fingerprint density at radius 1 is 0.870 bits per heavy atom. The zero-order valence-corrected chi connectivity index (χ0v) is 32.9. The minimum absolute atomic E-state index is 0.167. The average Bonchev–Trinajstić information content (AvgIpc) is 3.83. The van der Waals surface area contributed by atoms with Crippen LogP contribution in [-0.4, -0.2) is 44.9 Å². The van der Waals surface area contributed by atoms with Crippen LogP contribution in [0.5, 0.6) is 0 Å². The molecule has 3 aromatic rings. The topological polar surface area (TPSA) is 188 Å². The number of nitrogens with two attached hydrogens (primary N) is 1. The van der Waals surface area contributed by atoms with Gasteiger partial charge in [0.05, 0.1) is 6.07 Å². The number of hydrogen-bond acceptors (Lipinski definition) is 12. The number of nitrogens with zero attached hydrogens (tertiary/aromatic N) is 6. The van der Waals surface area contributed by atoms with E-state index in [-0.39, 0.29) is 16.6 Å². The van der Waals surface area contributed by atoms with Gasteiger partial charge in [0.15, 0.2) is 6.19 Å². The van der Waals surface area contributed by atoms with Crippen molar-refractivity contribution in [1.29, 1.82) is 15.8 Å². The molecule has 5 rings (SSSR count). The summed E-state index contributed by atoms with van der Waals surface area (Å²) in [4.78, 5) is 28.6. The van der Waals surface area contributed by atoms with Crippen LogP contribution < -0.4 is 5.73 Å². The first-order chi connectivity index (χ1) is 25.5. The van der Waals surface area contributed by atoms with Gasteiger partial charge in [0.2, 0.25) is 6.19 Å². The Labute approximate surface area is 323 Å². The third-order valence-electron chi connectivity index (χ3n) is 6.56. The van der Waals surface area contributed by atoms with Crippen LogP contribution >= 0.6 is 32.4 Å². The molecule has 0 saturated carbocycles. The SMILES string of the molecule is CC#N.CC(=O)OI(OC(C)=O)c1ccccc1.FC(F)(F)c1ccc(C2CCSC2)cn1.N#CN.N#CN=S1CCC(c2ccc(C(F)(F)F)nc2)C1. The summed E-state index contributed by atoms with van der Waals surface area (Å²) < 4.78 is 88.3. The second-order valence-electron chi connectivity index (χ2n) is 10.5. The van der Waals surface area contributed by atoms with Crippen LogP contribution in [0.1, 0.15) is 68.0 Å². The van der Waals surface area contributed by atoms with E-state index in [4.69, 9.17) is 21.9 Å². The first kappa shape index (κ1) is 47.6. The Hall–Kier alpha value is -4.46. The number of pyridine rings is 2. The number of benzene rings is 1. The van der Waals surface area contributed by atoms with Gasteiger partial charge in [0, 0.05) is 36.6 Å². The van der Waals surface area contributed by atoms with E-state index in [9.17, 15) is 35.9 Å². The molecule has 0 aliphatic carbocycles. The molecular formula is C34H36F6IN7O4S2. The van der Waals surface area contributed by atoms with Gasteiger partial charge in [-0.1, -0.05) is 22.8 Å². The van der Waals surface area contributed by atoms with E-state index in [1.807, 2.05) is 30.0 Å². The van der Waals surface area contributed by atoms with E-state index in [1.54, 1.807) is 30.5 Å². The van der Waals surface area contributed by atoms with Crippen LogP contribution in [0.25, 0.3) is 0 Å². The molecule has 20 heteroatoms. The molecule has 0 amide bonds. The zero-order chi connectivity index (χ0) is 40.7. The number of rotatable bonds is 5. The number of halogens is 7. The quantitative estimate of drug-likeness (QED) is 0.112. The molecule has 0 spiro atoms. The maximum Gasteiger partial charge on any atom is 0.433 e. The molecular weight excluding hydrogens is 875 g/mol. The Morgan fingerprint density at radius 2 is 1.35 bits per heavy atom. The molecule has 2 fully saturated rings. The maximum absolute atomic E-state index is 12.3. The largest absolute Gasteiger partial charge is 0.433 e. The smallest absolute Gasteiger partial charge is 0.337 e. The molecule has 1 aromatic carbocycles. The predicted octanol–water partition coefficient (Wildman–Crippen LogP) is 8.47. The number of aromatic nitrogens is 2. The average molecular weight is 912 g/mol. The minimum atomic E-state index is -4.39. The first-order valence-electron chi connectivity index (χ1n) is 15.5. The molecule has 2 saturated heterocycles. The second-order valence-corrected chi connectivity index (χ2v) is 16.9. The van der Waals surface area contributed by atoms with Crippen molar-refractivity contribution in [2.45, 2.75) is 57.8 Å². The molecule has 0 radical (unpaired) electrons. The summed E-state index contributed by atoms with van der Waals surface area (Å²) >= 11 is -0.756. The number of hydrogen-bond donors (Lipinski definition) is 1. The van der Waals surface area contributed by atoms with Crippen LogP contribution in [-0.2, 0) is 38.8 Å². The van der Waals surface area contributed by atoms with Gasteiger partial charge in [-0.05, 0) is 53.7 Å². The third-order valence-corrected chi connectivity index (χ3v) is 13.3. The van der Waals surface area contributed by atoms with Gasteiger partial charge in [-0.3, -0.25) is 9.97 Å². The van der Waals surface area contributed by atoms with Gasteiger partial charge in [0.1, 0.15) is 11.4 Å². The van der Waals surface area contributed by atoms with Crippen molar-refractivity contribution in [1.82, 2.24) is 9.97 Å². The van der Waals surface area contributed by atoms with E-state index >= 15 is 0 Å². The Morgan fingerprint density at radius 3 is 1.72 bits per heavy atom. The van der Waals surface area contributed by atoms with Crippen LogP contribution in [0.4, 0.5) is 26.3 Å². The van der Waals surface area contributed by atoms with Crippen molar-refractivity contribution in [3.05, 3.63) is 93.1 Å². The Bertz CT molecular complexity index is 1730. The second kappa shape index (κ2) is 24.8. The van der Waals surface area contributed by atoms with Crippen LogP contribution in [0.3, 0.4) is 0 Å². The van der Waals surface area contributed by atoms with E-state index in [1.165, 1.54) is 45.4 Å². The van der Waals surface area contributed by atoms with Crippen LogP contribution in [0.2, 0.25) is 0 Å². The number of alkyl halides is 6. The molecule has 2 aliphatic rings. The fourth-order valence-corrected chi connectivity index (χ4v) is 10.1. The van der Waals surface area contributed by atoms with Gasteiger partial charge < -0.3 is 5.73 Å². The molecule has 54 heavy (non-hydrogen) atoms. The van der Waals surface area contributed by atoms with Gasteiger partial charge in [-0.25, -0.2) is 0 Å². The Kier molecular flexibility index (Phi) is 21.8. The first-order valence-corrected chi connectivity index (χ1v) is 21.0. The number of carbonyl (C=O) groups is 2. The summed E-state index contributed by atoms with van der Waals surface area (Å²) in [7, 11) is -0.266. The van der Waals surface area contributed by atoms with Crippen molar-refractivity contribution in [2.24, 2.45) is 10.1 Å². The maximum atomic E-state index is 12.3. The van der Waals surface area contributed by atoms with Gasteiger partial charge in [0.25, 0.3) is 0 Å². The molecule has 2 aromatic heterocycles. The molecule has 0 bridgehead atoms. The van der Waals surface area contributed by atoms with Gasteiger partial charge in [-0.15, -0.1) is 0 Å². The fourth-order valence-electron chi connectivity index (χ4n) is 4.33. The zero-order valence-electron chi connectivity index (χ0n) is 29.1. The summed E-state index contributed by atoms with van der Waals surface area (Å²) in [6.07, 6.45) is -1.16. The van der Waals surface area contributed by atoms with E-state index in [0.717, 1.165) is 62.7 Å². The summed E-state index contributed by atoms with van der Waals surface area (Å²) in [6.45, 7) is 4.04. The van der Waals surface area contributed by atoms with Crippen molar-refractivity contribution < 1.29 is 42.1 Å². The molecule has 11 nitrogen and oxygen atoms in total. The van der Waals surface area contributed by atoms with Crippen LogP contribution in [0.15, 0.2) is 71.4 Å². The van der Waals surface area contributed by atoms with Crippen molar-refractivity contribution >= 4 is 55.0 Å². The molecule has 292 valence electrons. The molecule has 3 atom stereocenters. The third kappa shape index (κ3) is 18.5. The number of thioether (sulfide) groups is 1. The molecule has 2 N–H and O–H groups in total. The van der Waals surface area contributed by atoms with Crippen LogP contribution in [0, 0.1) is 37.8 Å². The summed E-state index contributed by atoms with van der Waals surface area (Å²) in [5.41, 5.74) is 4.20. The van der Waals surface area contributed by atoms with Crippen molar-refractivity contribution in [3.8, 4) is 18.5 Å². The van der Waals surface area contributed by atoms with Crippen molar-refractivity contribution in [2.75, 3.05) is 23.0 Å². The predicted molar refractivity (Wildman–Crippen MR) is 199 cm³/mol. The minimum Gasteiger partial charge on any atom is -0.337 e. The summed E-state index contributed by atoms with van der Waals surface area (Å²) in [5.74, 6) is 3.35. The van der Waals surface area contributed by atoms with E-state index < -0.39 is 56.3 Å². The normalized spacial score (nSPS) is 17.3. The Balaban J connectivity index is 0.000000378. The molecule has 4 heterocycles. The standard InChI is InChI=1S/C11H10F3N3S.C10H10F3NS.C10H11IO4.C2H3N.CH2N2/c12-11(13,14)10-2-1-8(5-16-10)9-3-4-18(6-9)17-7-15;11-10(12,13)9-2-1-7(5-14-9)8-3-4-15-6-8;1-8(12)14-11(15-9(2)13)10-6-4-3-5-7-10;1-2-3;2-1-3/h1-2,5,9H,3-4,6H2;1-2,5,8H,3-4,6H2;3-7H,1-2H3;1H3;2H2. The van der Waals surface area contributed by atoms with Gasteiger partial charge in [-0.2, -0.15) is 58.3 Å². The van der Waals surface area contributed by atoms with E-state index in [2.05, 4.69) is 20.1 Å². The molecule has 3 unspecified atom stereocenters. The van der Waals surface area contributed by atoms with Crippen molar-refractivity contribution in [3.63, 3.8) is 0 Å². The van der Waals surface area contributed by atoms with E-state index in [0.29, 0.717) is 5.92 Å². The van der Waals surface area contributed by atoms with Gasteiger partial charge >= 0.3 is 108 Å². The number of carbonyl (C=O) groups excluding carboxylic acids is 2. The fraction of sp³-hybridized carbons (Fsp3) is 0.382. The summed E-state index contributed by atoms with van der Waals surface area (Å²) in [6, 6.07) is 15.9. The summed E-state index contributed by atoms with van der Waals surface area (Å²) in [5, 5.41) is 22.9. The molecule has 2 aliphatic heterocycles. The number of nitriles is 3.